The highest BCUT2D eigenvalue weighted by atomic mass is 32.2. The molecular formula is C18H21N5O4S. The van der Waals surface area contributed by atoms with Crippen molar-refractivity contribution in [3.63, 3.8) is 0 Å². The summed E-state index contributed by atoms with van der Waals surface area (Å²) < 4.78 is 38.8. The van der Waals surface area contributed by atoms with Crippen molar-refractivity contribution in [2.24, 2.45) is 0 Å². The predicted molar refractivity (Wildman–Crippen MR) is 98.8 cm³/mol. The van der Waals surface area contributed by atoms with E-state index in [1.54, 1.807) is 33.0 Å². The summed E-state index contributed by atoms with van der Waals surface area (Å²) in [4.78, 5) is 8.98. The molecule has 0 spiro atoms. The molecule has 1 atom stereocenters. The molecule has 0 radical (unpaired) electrons. The average molecular weight is 403 g/mol. The van der Waals surface area contributed by atoms with Crippen LogP contribution in [-0.2, 0) is 10.0 Å². The van der Waals surface area contributed by atoms with Crippen LogP contribution in [0.4, 0.5) is 0 Å². The zero-order valence-corrected chi connectivity index (χ0v) is 16.9. The van der Waals surface area contributed by atoms with Crippen molar-refractivity contribution in [2.45, 2.75) is 51.5 Å². The Hall–Kier alpha value is -2.59. The summed E-state index contributed by atoms with van der Waals surface area (Å²) in [6.07, 6.45) is 3.04. The van der Waals surface area contributed by atoms with Gasteiger partial charge < -0.3 is 9.05 Å². The monoisotopic (exact) mass is 403 g/mol. The summed E-state index contributed by atoms with van der Waals surface area (Å²) in [5.74, 6) is 1.37. The average Bonchev–Trinajstić information content (AvgIpc) is 3.35. The Morgan fingerprint density at radius 2 is 1.93 bits per heavy atom. The fraction of sp³-hybridized carbons (Fsp3) is 0.444. The SMILES string of the molecule is Cc1cc(-c2cnc(C)nc2[C@H]2CCCN2S(=O)(=O)c2c(C)noc2C)on1. The van der Waals surface area contributed by atoms with E-state index in [4.69, 9.17) is 9.05 Å². The molecule has 4 heterocycles. The van der Waals surface area contributed by atoms with Crippen LogP contribution in [0.1, 0.15) is 47.5 Å². The van der Waals surface area contributed by atoms with Crippen molar-refractivity contribution in [1.29, 1.82) is 0 Å². The molecule has 9 nitrogen and oxygen atoms in total. The van der Waals surface area contributed by atoms with Gasteiger partial charge in [-0.3, -0.25) is 0 Å². The number of aryl methyl sites for hydroxylation is 4. The van der Waals surface area contributed by atoms with Gasteiger partial charge in [0.25, 0.3) is 0 Å². The van der Waals surface area contributed by atoms with Gasteiger partial charge >= 0.3 is 0 Å². The zero-order valence-electron chi connectivity index (χ0n) is 16.1. The minimum Gasteiger partial charge on any atom is -0.360 e. The zero-order chi connectivity index (χ0) is 20.1. The third-order valence-electron chi connectivity index (χ3n) is 4.89. The molecule has 1 aliphatic heterocycles. The van der Waals surface area contributed by atoms with Crippen LogP contribution >= 0.6 is 0 Å². The first kappa shape index (κ1) is 18.8. The van der Waals surface area contributed by atoms with Gasteiger partial charge in [0.2, 0.25) is 10.0 Å². The maximum Gasteiger partial charge on any atom is 0.249 e. The van der Waals surface area contributed by atoms with Crippen LogP contribution in [0.5, 0.6) is 0 Å². The van der Waals surface area contributed by atoms with Crippen LogP contribution in [0.25, 0.3) is 11.3 Å². The number of aromatic nitrogens is 4. The Balaban J connectivity index is 1.83. The van der Waals surface area contributed by atoms with E-state index in [0.717, 1.165) is 12.1 Å². The number of hydrogen-bond donors (Lipinski definition) is 0. The molecule has 1 aliphatic rings. The van der Waals surface area contributed by atoms with Gasteiger partial charge in [-0.2, -0.15) is 4.31 Å². The topological polar surface area (TPSA) is 115 Å². The largest absolute Gasteiger partial charge is 0.360 e. The van der Waals surface area contributed by atoms with Gasteiger partial charge in [-0.25, -0.2) is 18.4 Å². The molecule has 0 saturated carbocycles. The van der Waals surface area contributed by atoms with Crippen molar-refractivity contribution >= 4 is 10.0 Å². The summed E-state index contributed by atoms with van der Waals surface area (Å²) in [6, 6.07) is 1.36. The van der Waals surface area contributed by atoms with Crippen LogP contribution in [0.15, 0.2) is 26.2 Å². The number of nitrogens with zero attached hydrogens (tertiary/aromatic N) is 5. The molecule has 0 N–H and O–H groups in total. The highest BCUT2D eigenvalue weighted by Crippen LogP contribution is 2.40. The summed E-state index contributed by atoms with van der Waals surface area (Å²) >= 11 is 0. The molecular weight excluding hydrogens is 382 g/mol. The van der Waals surface area contributed by atoms with Gasteiger partial charge in [0, 0.05) is 18.8 Å². The second-order valence-corrected chi connectivity index (χ2v) is 8.80. The molecule has 0 aromatic carbocycles. The normalized spacial score (nSPS) is 18.1. The van der Waals surface area contributed by atoms with Crippen molar-refractivity contribution in [3.05, 3.63) is 40.9 Å². The molecule has 10 heteroatoms. The van der Waals surface area contributed by atoms with Gasteiger partial charge in [-0.05, 0) is 40.5 Å². The summed E-state index contributed by atoms with van der Waals surface area (Å²) in [6.45, 7) is 7.24. The molecule has 0 unspecified atom stereocenters. The Labute approximate surface area is 162 Å². The fourth-order valence-electron chi connectivity index (χ4n) is 3.68. The van der Waals surface area contributed by atoms with Crippen molar-refractivity contribution in [3.8, 4) is 11.3 Å². The molecule has 148 valence electrons. The van der Waals surface area contributed by atoms with E-state index in [9.17, 15) is 8.42 Å². The molecule has 3 aromatic rings. The first-order chi connectivity index (χ1) is 13.3. The Bertz CT molecular complexity index is 1120. The fourth-order valence-corrected chi connectivity index (χ4v) is 5.64. The van der Waals surface area contributed by atoms with E-state index < -0.39 is 16.1 Å². The predicted octanol–water partition coefficient (Wildman–Crippen LogP) is 2.88. The lowest BCUT2D eigenvalue weighted by Gasteiger charge is -2.24. The van der Waals surface area contributed by atoms with Crippen LogP contribution in [0.3, 0.4) is 0 Å². The molecule has 0 amide bonds. The molecule has 1 saturated heterocycles. The summed E-state index contributed by atoms with van der Waals surface area (Å²) in [5.41, 5.74) is 2.36. The van der Waals surface area contributed by atoms with Crippen LogP contribution in [0.2, 0.25) is 0 Å². The first-order valence-electron chi connectivity index (χ1n) is 9.01. The standard InChI is InChI=1S/C18H21N5O4S/c1-10-8-16(27-21-10)14-9-19-13(4)20-17(14)15-6-5-7-23(15)28(24,25)18-11(2)22-26-12(18)3/h8-9,15H,5-7H2,1-4H3/t15-/m1/s1. The van der Waals surface area contributed by atoms with Gasteiger partial charge in [0.05, 0.1) is 23.0 Å². The second-order valence-electron chi connectivity index (χ2n) is 6.98. The van der Waals surface area contributed by atoms with Gasteiger partial charge in [0.15, 0.2) is 11.5 Å². The molecule has 28 heavy (non-hydrogen) atoms. The van der Waals surface area contributed by atoms with Gasteiger partial charge in [0.1, 0.15) is 16.4 Å². The van der Waals surface area contributed by atoms with E-state index in [-0.39, 0.29) is 10.7 Å². The third-order valence-corrected chi connectivity index (χ3v) is 7.04. The highest BCUT2D eigenvalue weighted by molar-refractivity contribution is 7.89. The quantitative estimate of drug-likeness (QED) is 0.653. The van der Waals surface area contributed by atoms with Crippen molar-refractivity contribution in [1.82, 2.24) is 24.6 Å². The summed E-state index contributed by atoms with van der Waals surface area (Å²) in [5, 5.41) is 7.74. The van der Waals surface area contributed by atoms with Gasteiger partial charge in [-0.15, -0.1) is 0 Å². The van der Waals surface area contributed by atoms with Crippen LogP contribution in [-0.4, -0.2) is 39.5 Å². The molecule has 0 aliphatic carbocycles. The maximum atomic E-state index is 13.4. The van der Waals surface area contributed by atoms with Crippen LogP contribution in [0, 0.1) is 27.7 Å². The van der Waals surface area contributed by atoms with E-state index in [1.165, 1.54) is 4.31 Å². The Morgan fingerprint density at radius 3 is 2.57 bits per heavy atom. The smallest absolute Gasteiger partial charge is 0.249 e. The molecule has 4 rings (SSSR count). The van der Waals surface area contributed by atoms with Crippen LogP contribution < -0.4 is 0 Å². The molecule has 0 bridgehead atoms. The molecule has 3 aromatic heterocycles. The number of hydrogen-bond acceptors (Lipinski definition) is 8. The lowest BCUT2D eigenvalue weighted by molar-refractivity contribution is 0.380. The summed E-state index contributed by atoms with van der Waals surface area (Å²) in [7, 11) is -3.79. The van der Waals surface area contributed by atoms with E-state index >= 15 is 0 Å². The highest BCUT2D eigenvalue weighted by Gasteiger charge is 2.41. The minimum absolute atomic E-state index is 0.127. The lowest BCUT2D eigenvalue weighted by Crippen LogP contribution is -2.32. The van der Waals surface area contributed by atoms with E-state index in [1.807, 2.05) is 6.92 Å². The minimum atomic E-state index is -3.79. The first-order valence-corrected chi connectivity index (χ1v) is 10.4. The van der Waals surface area contributed by atoms with Crippen molar-refractivity contribution < 1.29 is 17.5 Å². The molecule has 1 fully saturated rings. The van der Waals surface area contributed by atoms with Crippen molar-refractivity contribution in [2.75, 3.05) is 6.54 Å². The second kappa shape index (κ2) is 6.78. The Kier molecular flexibility index (Phi) is 4.54. The van der Waals surface area contributed by atoms with E-state index in [2.05, 4.69) is 20.3 Å². The van der Waals surface area contributed by atoms with Gasteiger partial charge in [-0.1, -0.05) is 10.3 Å². The Morgan fingerprint density at radius 1 is 1.14 bits per heavy atom. The number of rotatable bonds is 4. The maximum absolute atomic E-state index is 13.4. The third kappa shape index (κ3) is 3.02. The van der Waals surface area contributed by atoms with E-state index in [0.29, 0.717) is 41.5 Å². The number of sulfonamides is 1. The lowest BCUT2D eigenvalue weighted by atomic mass is 10.0.